The second-order valence-electron chi connectivity index (χ2n) is 4.82. The summed E-state index contributed by atoms with van der Waals surface area (Å²) in [6, 6.07) is 4.84. The minimum Gasteiger partial charge on any atom is -0.391 e. The van der Waals surface area contributed by atoms with Gasteiger partial charge in [0.15, 0.2) is 0 Å². The predicted molar refractivity (Wildman–Crippen MR) is 79.8 cm³/mol. The van der Waals surface area contributed by atoms with Crippen LogP contribution in [0.5, 0.6) is 0 Å². The van der Waals surface area contributed by atoms with Gasteiger partial charge in [-0.25, -0.2) is 4.39 Å². The largest absolute Gasteiger partial charge is 0.391 e. The monoisotopic (exact) mass is 295 g/mol. The number of hydrogen-bond donors (Lipinski definition) is 2. The van der Waals surface area contributed by atoms with Gasteiger partial charge in [0.25, 0.3) is 5.91 Å². The highest BCUT2D eigenvalue weighted by Crippen LogP contribution is 2.32. The lowest BCUT2D eigenvalue weighted by Gasteiger charge is -2.10. The average molecular weight is 295 g/mol. The van der Waals surface area contributed by atoms with Gasteiger partial charge in [-0.1, -0.05) is 19.4 Å². The van der Waals surface area contributed by atoms with Crippen LogP contribution < -0.4 is 5.32 Å². The van der Waals surface area contributed by atoms with Gasteiger partial charge in [0, 0.05) is 16.6 Å². The third kappa shape index (κ3) is 2.99. The number of carbonyl (C=O) groups is 1. The second kappa shape index (κ2) is 6.33. The van der Waals surface area contributed by atoms with Crippen molar-refractivity contribution in [2.45, 2.75) is 32.8 Å². The Balaban J connectivity index is 2.19. The van der Waals surface area contributed by atoms with Crippen LogP contribution in [0.2, 0.25) is 0 Å². The van der Waals surface area contributed by atoms with Crippen LogP contribution in [0.3, 0.4) is 0 Å². The number of hydrogen-bond acceptors (Lipinski definition) is 3. The molecule has 2 rings (SSSR count). The van der Waals surface area contributed by atoms with Crippen molar-refractivity contribution >= 4 is 27.3 Å². The van der Waals surface area contributed by atoms with Gasteiger partial charge in [-0.3, -0.25) is 4.79 Å². The summed E-state index contributed by atoms with van der Waals surface area (Å²) in [7, 11) is 0. The third-order valence-electron chi connectivity index (χ3n) is 3.23. The van der Waals surface area contributed by atoms with E-state index < -0.39 is 6.10 Å². The zero-order chi connectivity index (χ0) is 14.7. The van der Waals surface area contributed by atoms with Crippen molar-refractivity contribution in [2.75, 3.05) is 6.54 Å². The molecule has 1 atom stereocenters. The van der Waals surface area contributed by atoms with Gasteiger partial charge in [0.05, 0.1) is 11.0 Å². The van der Waals surface area contributed by atoms with Gasteiger partial charge in [-0.05, 0) is 31.0 Å². The number of benzene rings is 1. The summed E-state index contributed by atoms with van der Waals surface area (Å²) in [5, 5.41) is 12.8. The fourth-order valence-corrected chi connectivity index (χ4v) is 3.34. The Bertz CT molecular complexity index is 624. The lowest BCUT2D eigenvalue weighted by Crippen LogP contribution is -2.31. The SMILES string of the molecule is CCCC(O)CNC(=O)c1sc2cccc(F)c2c1C. The highest BCUT2D eigenvalue weighted by Gasteiger charge is 2.18. The van der Waals surface area contributed by atoms with E-state index in [9.17, 15) is 14.3 Å². The van der Waals surface area contributed by atoms with E-state index in [0.29, 0.717) is 22.2 Å². The van der Waals surface area contributed by atoms with Crippen LogP contribution in [0.4, 0.5) is 4.39 Å². The Labute approximate surface area is 121 Å². The first kappa shape index (κ1) is 14.9. The molecular formula is C15H18FNO2S. The molecule has 108 valence electrons. The standard InChI is InChI=1S/C15H18FNO2S/c1-3-5-10(18)8-17-15(19)14-9(2)13-11(16)6-4-7-12(13)20-14/h4,6-7,10,18H,3,5,8H2,1-2H3,(H,17,19). The van der Waals surface area contributed by atoms with E-state index in [2.05, 4.69) is 5.32 Å². The molecule has 0 saturated heterocycles. The molecule has 5 heteroatoms. The molecule has 1 unspecified atom stereocenters. The number of thiophene rings is 1. The number of fused-ring (bicyclic) bond motifs is 1. The van der Waals surface area contributed by atoms with E-state index in [1.807, 2.05) is 6.92 Å². The van der Waals surface area contributed by atoms with Crippen LogP contribution in [0.15, 0.2) is 18.2 Å². The van der Waals surface area contributed by atoms with Crippen LogP contribution in [0, 0.1) is 12.7 Å². The van der Waals surface area contributed by atoms with Crippen molar-refractivity contribution in [3.8, 4) is 0 Å². The summed E-state index contributed by atoms with van der Waals surface area (Å²) in [6.45, 7) is 3.95. The summed E-state index contributed by atoms with van der Waals surface area (Å²) in [4.78, 5) is 12.6. The van der Waals surface area contributed by atoms with Crippen molar-refractivity contribution in [2.24, 2.45) is 0 Å². The van der Waals surface area contributed by atoms with E-state index in [4.69, 9.17) is 0 Å². The molecule has 1 aromatic heterocycles. The summed E-state index contributed by atoms with van der Waals surface area (Å²) >= 11 is 1.28. The van der Waals surface area contributed by atoms with E-state index in [0.717, 1.165) is 11.1 Å². The van der Waals surface area contributed by atoms with Gasteiger partial charge in [-0.15, -0.1) is 11.3 Å². The highest BCUT2D eigenvalue weighted by atomic mass is 32.1. The Kier molecular flexibility index (Phi) is 4.73. The van der Waals surface area contributed by atoms with E-state index >= 15 is 0 Å². The maximum Gasteiger partial charge on any atom is 0.261 e. The number of aliphatic hydroxyl groups excluding tert-OH is 1. The van der Waals surface area contributed by atoms with Crippen LogP contribution in [-0.2, 0) is 0 Å². The van der Waals surface area contributed by atoms with E-state index in [1.165, 1.54) is 17.4 Å². The smallest absolute Gasteiger partial charge is 0.261 e. The maximum absolute atomic E-state index is 13.8. The summed E-state index contributed by atoms with van der Waals surface area (Å²) in [6.07, 6.45) is 0.986. The van der Waals surface area contributed by atoms with Gasteiger partial charge in [0.2, 0.25) is 0 Å². The van der Waals surface area contributed by atoms with Gasteiger partial charge >= 0.3 is 0 Å². The molecule has 0 bridgehead atoms. The predicted octanol–water partition coefficient (Wildman–Crippen LogP) is 3.24. The Morgan fingerprint density at radius 2 is 2.25 bits per heavy atom. The number of carbonyl (C=O) groups excluding carboxylic acids is 1. The molecule has 20 heavy (non-hydrogen) atoms. The van der Waals surface area contributed by atoms with Crippen molar-refractivity contribution in [3.63, 3.8) is 0 Å². The first-order valence-electron chi connectivity index (χ1n) is 6.68. The number of halogens is 1. The number of aliphatic hydroxyl groups is 1. The molecular weight excluding hydrogens is 277 g/mol. The molecule has 0 fully saturated rings. The summed E-state index contributed by atoms with van der Waals surface area (Å²) < 4.78 is 14.5. The Hall–Kier alpha value is -1.46. The quantitative estimate of drug-likeness (QED) is 0.889. The van der Waals surface area contributed by atoms with E-state index in [1.54, 1.807) is 19.1 Å². The van der Waals surface area contributed by atoms with Crippen LogP contribution in [-0.4, -0.2) is 23.7 Å². The molecule has 0 spiro atoms. The van der Waals surface area contributed by atoms with Crippen LogP contribution >= 0.6 is 11.3 Å². The Morgan fingerprint density at radius 1 is 1.50 bits per heavy atom. The maximum atomic E-state index is 13.8. The molecule has 0 aliphatic rings. The minimum absolute atomic E-state index is 0.225. The van der Waals surface area contributed by atoms with Crippen LogP contribution in [0.25, 0.3) is 10.1 Å². The van der Waals surface area contributed by atoms with Crippen molar-refractivity contribution in [3.05, 3.63) is 34.5 Å². The zero-order valence-corrected chi connectivity index (χ0v) is 12.4. The lowest BCUT2D eigenvalue weighted by atomic mass is 10.1. The average Bonchev–Trinajstić information content (AvgIpc) is 2.75. The fourth-order valence-electron chi connectivity index (χ4n) is 2.20. The molecule has 1 heterocycles. The third-order valence-corrected chi connectivity index (χ3v) is 4.49. The number of aryl methyl sites for hydroxylation is 1. The molecule has 0 radical (unpaired) electrons. The zero-order valence-electron chi connectivity index (χ0n) is 11.6. The van der Waals surface area contributed by atoms with Gasteiger partial charge in [-0.2, -0.15) is 0 Å². The molecule has 0 aliphatic carbocycles. The number of rotatable bonds is 5. The first-order chi connectivity index (χ1) is 9.54. The molecule has 2 aromatic rings. The molecule has 3 nitrogen and oxygen atoms in total. The van der Waals surface area contributed by atoms with Gasteiger partial charge < -0.3 is 10.4 Å². The molecule has 0 saturated carbocycles. The van der Waals surface area contributed by atoms with Crippen molar-refractivity contribution < 1.29 is 14.3 Å². The number of amides is 1. The molecule has 2 N–H and O–H groups in total. The van der Waals surface area contributed by atoms with E-state index in [-0.39, 0.29) is 18.3 Å². The van der Waals surface area contributed by atoms with Gasteiger partial charge in [0.1, 0.15) is 5.82 Å². The van der Waals surface area contributed by atoms with Crippen molar-refractivity contribution in [1.82, 2.24) is 5.32 Å². The highest BCUT2D eigenvalue weighted by molar-refractivity contribution is 7.21. The number of nitrogens with one attached hydrogen (secondary N) is 1. The summed E-state index contributed by atoms with van der Waals surface area (Å²) in [5.41, 5.74) is 0.658. The normalized spacial score (nSPS) is 12.6. The van der Waals surface area contributed by atoms with Crippen LogP contribution in [0.1, 0.15) is 35.0 Å². The minimum atomic E-state index is -0.532. The summed E-state index contributed by atoms with van der Waals surface area (Å²) in [5.74, 6) is -0.556. The topological polar surface area (TPSA) is 49.3 Å². The van der Waals surface area contributed by atoms with Crippen molar-refractivity contribution in [1.29, 1.82) is 0 Å². The second-order valence-corrected chi connectivity index (χ2v) is 5.87. The first-order valence-corrected chi connectivity index (χ1v) is 7.50. The fraction of sp³-hybridized carbons (Fsp3) is 0.400. The molecule has 1 aromatic carbocycles. The lowest BCUT2D eigenvalue weighted by molar-refractivity contribution is 0.0913. The molecule has 0 aliphatic heterocycles. The molecule has 1 amide bonds. The Morgan fingerprint density at radius 3 is 2.90 bits per heavy atom.